The second-order valence-electron chi connectivity index (χ2n) is 12.1. The average molecular weight is 573 g/mol. The van der Waals surface area contributed by atoms with Crippen LogP contribution in [0.2, 0.25) is 10.0 Å². The Hall–Kier alpha value is -2.28. The Kier molecular flexibility index (Phi) is 10.2. The molecule has 0 bridgehead atoms. The van der Waals surface area contributed by atoms with Crippen molar-refractivity contribution in [3.05, 3.63) is 63.6 Å². The number of guanidine groups is 1. The molecule has 6 nitrogen and oxygen atoms in total. The number of benzene rings is 2. The number of carbonyl (C=O) groups is 1. The molecular formula is C31H43Cl2N5O. The standard InChI is InChI=1S/C31H43Cl2N5O/c1-21-20-38(18-17-34-21)30(37-27-13-8-24(9-14-27)31(2,3)4)36-26-11-6-23(7-12-26)29(39)35-16-15-22-5-10-25(32)19-28(22)33/h5-7,10-12,19,21,24,27,34H,8-9,13-18,20H2,1-4H3,(H,35,39)(H,36,37)/t21-,24?,27?/m0/s1. The lowest BCUT2D eigenvalue weighted by Crippen LogP contribution is -2.53. The van der Waals surface area contributed by atoms with Gasteiger partial charge in [0.1, 0.15) is 0 Å². The fourth-order valence-electron chi connectivity index (χ4n) is 5.53. The smallest absolute Gasteiger partial charge is 0.251 e. The molecule has 1 aliphatic carbocycles. The molecule has 0 radical (unpaired) electrons. The molecular weight excluding hydrogens is 529 g/mol. The maximum absolute atomic E-state index is 12.7. The number of aliphatic imine (C=N–C) groups is 1. The predicted molar refractivity (Wildman–Crippen MR) is 164 cm³/mol. The number of amides is 1. The molecule has 0 aromatic heterocycles. The summed E-state index contributed by atoms with van der Waals surface area (Å²) in [6.45, 7) is 12.6. The summed E-state index contributed by atoms with van der Waals surface area (Å²) in [5.41, 5.74) is 2.88. The first-order valence-electron chi connectivity index (χ1n) is 14.2. The summed E-state index contributed by atoms with van der Waals surface area (Å²) in [5, 5.41) is 11.3. The lowest BCUT2D eigenvalue weighted by Gasteiger charge is -2.38. The number of piperazine rings is 1. The van der Waals surface area contributed by atoms with Crippen molar-refractivity contribution < 1.29 is 4.79 Å². The summed E-state index contributed by atoms with van der Waals surface area (Å²) in [7, 11) is 0. The summed E-state index contributed by atoms with van der Waals surface area (Å²) >= 11 is 12.2. The lowest BCUT2D eigenvalue weighted by molar-refractivity contribution is 0.0954. The highest BCUT2D eigenvalue weighted by atomic mass is 35.5. The summed E-state index contributed by atoms with van der Waals surface area (Å²) in [6, 6.07) is 13.8. The van der Waals surface area contributed by atoms with Gasteiger partial charge in [-0.2, -0.15) is 0 Å². The van der Waals surface area contributed by atoms with Gasteiger partial charge in [-0.3, -0.25) is 4.79 Å². The van der Waals surface area contributed by atoms with Crippen LogP contribution in [0.5, 0.6) is 0 Å². The highest BCUT2D eigenvalue weighted by Crippen LogP contribution is 2.38. The monoisotopic (exact) mass is 571 g/mol. The Bertz CT molecular complexity index is 1140. The van der Waals surface area contributed by atoms with Gasteiger partial charge in [0.05, 0.1) is 6.04 Å². The third-order valence-corrected chi connectivity index (χ3v) is 8.58. The van der Waals surface area contributed by atoms with Gasteiger partial charge in [-0.15, -0.1) is 0 Å². The zero-order valence-corrected chi connectivity index (χ0v) is 25.2. The van der Waals surface area contributed by atoms with Gasteiger partial charge >= 0.3 is 0 Å². The van der Waals surface area contributed by atoms with E-state index in [0.29, 0.717) is 46.1 Å². The van der Waals surface area contributed by atoms with Crippen molar-refractivity contribution in [3.8, 4) is 0 Å². The fourth-order valence-corrected chi connectivity index (χ4v) is 6.04. The van der Waals surface area contributed by atoms with Crippen LogP contribution in [0.4, 0.5) is 5.69 Å². The van der Waals surface area contributed by atoms with E-state index in [0.717, 1.165) is 55.6 Å². The van der Waals surface area contributed by atoms with Gasteiger partial charge < -0.3 is 20.9 Å². The third-order valence-electron chi connectivity index (χ3n) is 7.99. The first-order valence-corrected chi connectivity index (χ1v) is 15.0. The number of carbonyl (C=O) groups excluding carboxylic acids is 1. The van der Waals surface area contributed by atoms with E-state index in [4.69, 9.17) is 28.2 Å². The molecule has 39 heavy (non-hydrogen) atoms. The summed E-state index contributed by atoms with van der Waals surface area (Å²) in [4.78, 5) is 20.3. The second kappa shape index (κ2) is 13.4. The third kappa shape index (κ3) is 8.60. The molecule has 1 atom stereocenters. The molecule has 212 valence electrons. The molecule has 1 saturated heterocycles. The molecule has 1 heterocycles. The van der Waals surface area contributed by atoms with Gasteiger partial charge in [0.15, 0.2) is 5.96 Å². The number of hydrogen-bond donors (Lipinski definition) is 3. The van der Waals surface area contributed by atoms with Crippen molar-refractivity contribution in [2.24, 2.45) is 16.3 Å². The van der Waals surface area contributed by atoms with Crippen LogP contribution < -0.4 is 16.0 Å². The molecule has 1 aliphatic heterocycles. The van der Waals surface area contributed by atoms with Crippen LogP contribution in [0.1, 0.15) is 69.3 Å². The van der Waals surface area contributed by atoms with Crippen LogP contribution in [0.25, 0.3) is 0 Å². The zero-order chi connectivity index (χ0) is 28.0. The molecule has 0 spiro atoms. The van der Waals surface area contributed by atoms with E-state index in [1.807, 2.05) is 36.4 Å². The number of nitrogens with zero attached hydrogens (tertiary/aromatic N) is 2. The molecule has 2 aliphatic rings. The Labute approximate surface area is 243 Å². The quantitative estimate of drug-likeness (QED) is 0.269. The molecule has 3 N–H and O–H groups in total. The Morgan fingerprint density at radius 2 is 1.79 bits per heavy atom. The van der Waals surface area contributed by atoms with Crippen molar-refractivity contribution in [1.29, 1.82) is 0 Å². The van der Waals surface area contributed by atoms with Gasteiger partial charge in [-0.1, -0.05) is 50.0 Å². The Morgan fingerprint density at radius 1 is 1.08 bits per heavy atom. The summed E-state index contributed by atoms with van der Waals surface area (Å²) < 4.78 is 0. The van der Waals surface area contributed by atoms with Gasteiger partial charge in [-0.05, 0) is 92.3 Å². The van der Waals surface area contributed by atoms with E-state index in [-0.39, 0.29) is 5.91 Å². The molecule has 4 rings (SSSR count). The number of nitrogens with one attached hydrogen (secondary N) is 3. The van der Waals surface area contributed by atoms with Crippen LogP contribution in [0, 0.1) is 11.3 Å². The van der Waals surface area contributed by atoms with Gasteiger partial charge in [0.25, 0.3) is 5.91 Å². The second-order valence-corrected chi connectivity index (χ2v) is 12.9. The number of rotatable bonds is 6. The maximum atomic E-state index is 12.7. The van der Waals surface area contributed by atoms with Crippen molar-refractivity contribution in [3.63, 3.8) is 0 Å². The largest absolute Gasteiger partial charge is 0.352 e. The van der Waals surface area contributed by atoms with E-state index in [1.54, 1.807) is 6.07 Å². The van der Waals surface area contributed by atoms with E-state index in [9.17, 15) is 4.79 Å². The molecule has 1 amide bonds. The van der Waals surface area contributed by atoms with Crippen molar-refractivity contribution in [1.82, 2.24) is 15.5 Å². The average Bonchev–Trinajstić information content (AvgIpc) is 2.90. The molecule has 1 saturated carbocycles. The minimum absolute atomic E-state index is 0.105. The van der Waals surface area contributed by atoms with Gasteiger partial charge in [-0.25, -0.2) is 4.99 Å². The van der Waals surface area contributed by atoms with Crippen LogP contribution in [0.3, 0.4) is 0 Å². The van der Waals surface area contributed by atoms with Gasteiger partial charge in [0, 0.05) is 53.5 Å². The number of anilines is 1. The lowest BCUT2D eigenvalue weighted by atomic mass is 9.71. The summed E-state index contributed by atoms with van der Waals surface area (Å²) in [6.07, 6.45) is 5.38. The van der Waals surface area contributed by atoms with Crippen LogP contribution in [-0.2, 0) is 6.42 Å². The molecule has 2 aromatic carbocycles. The minimum atomic E-state index is -0.105. The van der Waals surface area contributed by atoms with E-state index in [2.05, 4.69) is 48.5 Å². The van der Waals surface area contributed by atoms with Crippen molar-refractivity contribution in [2.45, 2.75) is 71.9 Å². The molecule has 2 aromatic rings. The maximum Gasteiger partial charge on any atom is 0.251 e. The van der Waals surface area contributed by atoms with Crippen LogP contribution in [-0.4, -0.2) is 55.0 Å². The molecule has 0 unspecified atom stereocenters. The zero-order valence-electron chi connectivity index (χ0n) is 23.7. The highest BCUT2D eigenvalue weighted by Gasteiger charge is 2.30. The SMILES string of the molecule is C[C@H]1CN(C(=NC2CCC(C(C)(C)C)CC2)Nc2ccc(C(=O)NCCc3ccc(Cl)cc3Cl)cc2)CCN1. The van der Waals surface area contributed by atoms with Crippen LogP contribution >= 0.6 is 23.2 Å². The first kappa shape index (κ1) is 29.7. The topological polar surface area (TPSA) is 68.8 Å². The van der Waals surface area contributed by atoms with Crippen molar-refractivity contribution in [2.75, 3.05) is 31.5 Å². The first-order chi connectivity index (χ1) is 18.6. The minimum Gasteiger partial charge on any atom is -0.352 e. The van der Waals surface area contributed by atoms with E-state index >= 15 is 0 Å². The fraction of sp³-hybridized carbons (Fsp3) is 0.548. The predicted octanol–water partition coefficient (Wildman–Crippen LogP) is 6.63. The Morgan fingerprint density at radius 3 is 2.44 bits per heavy atom. The van der Waals surface area contributed by atoms with Crippen LogP contribution in [0.15, 0.2) is 47.5 Å². The highest BCUT2D eigenvalue weighted by molar-refractivity contribution is 6.35. The van der Waals surface area contributed by atoms with Gasteiger partial charge in [0.2, 0.25) is 0 Å². The number of halogens is 2. The Balaban J connectivity index is 1.37. The van der Waals surface area contributed by atoms with E-state index < -0.39 is 0 Å². The van der Waals surface area contributed by atoms with Crippen molar-refractivity contribution >= 4 is 40.8 Å². The molecule has 2 fully saturated rings. The summed E-state index contributed by atoms with van der Waals surface area (Å²) in [5.74, 6) is 1.60. The number of hydrogen-bond acceptors (Lipinski definition) is 3. The van der Waals surface area contributed by atoms with E-state index in [1.165, 1.54) is 12.8 Å². The normalized spacial score (nSPS) is 22.5. The molecule has 8 heteroatoms.